The number of nitroso groups, excluding NO2 is 1. The van der Waals surface area contributed by atoms with E-state index in [0.717, 1.165) is 69.5 Å². The first-order valence-electron chi connectivity index (χ1n) is 10.9. The summed E-state index contributed by atoms with van der Waals surface area (Å²) in [5, 5.41) is 18.0. The van der Waals surface area contributed by atoms with E-state index in [-0.39, 0.29) is 5.92 Å². The maximum absolute atomic E-state index is 11.6. The number of benzene rings is 2. The number of nitrogens with one attached hydrogen (secondary N) is 1. The maximum atomic E-state index is 11.6. The molecule has 1 atom stereocenters. The second-order valence-electron chi connectivity index (χ2n) is 8.53. The topological polar surface area (TPSA) is 64.9 Å². The van der Waals surface area contributed by atoms with Gasteiger partial charge in [-0.25, -0.2) is 0 Å². The van der Waals surface area contributed by atoms with Crippen molar-refractivity contribution in [3.8, 4) is 11.1 Å². The third kappa shape index (κ3) is 4.74. The van der Waals surface area contributed by atoms with Crippen LogP contribution < -0.4 is 5.32 Å². The highest BCUT2D eigenvalue weighted by molar-refractivity contribution is 5.67. The molecule has 154 valence electrons. The molecule has 5 nitrogen and oxygen atoms in total. The minimum Gasteiger partial charge on any atom is -0.389 e. The Labute approximate surface area is 173 Å². The van der Waals surface area contributed by atoms with Crippen LogP contribution in [0.15, 0.2) is 53.7 Å². The molecule has 1 heterocycles. The van der Waals surface area contributed by atoms with E-state index in [1.807, 2.05) is 18.2 Å². The number of aliphatic hydroxyl groups is 1. The molecular weight excluding hydrogens is 362 g/mol. The van der Waals surface area contributed by atoms with Crippen LogP contribution in [0, 0.1) is 4.91 Å². The monoisotopic (exact) mass is 393 g/mol. The normalized spacial score (nSPS) is 20.9. The van der Waals surface area contributed by atoms with Crippen LogP contribution in [-0.4, -0.2) is 48.3 Å². The van der Waals surface area contributed by atoms with Crippen molar-refractivity contribution in [2.24, 2.45) is 5.18 Å². The smallest absolute Gasteiger partial charge is 0.108 e. The van der Waals surface area contributed by atoms with Crippen LogP contribution in [0.25, 0.3) is 11.1 Å². The van der Waals surface area contributed by atoms with E-state index in [2.05, 4.69) is 39.7 Å². The molecule has 4 rings (SSSR count). The van der Waals surface area contributed by atoms with Gasteiger partial charge in [0.05, 0.1) is 5.60 Å². The van der Waals surface area contributed by atoms with Crippen molar-refractivity contribution in [2.75, 3.05) is 32.7 Å². The molecule has 2 N–H and O–H groups in total. The highest BCUT2D eigenvalue weighted by Crippen LogP contribution is 2.41. The zero-order valence-corrected chi connectivity index (χ0v) is 17.0. The van der Waals surface area contributed by atoms with Gasteiger partial charge < -0.3 is 15.3 Å². The Morgan fingerprint density at radius 3 is 2.41 bits per heavy atom. The summed E-state index contributed by atoms with van der Waals surface area (Å²) in [4.78, 5) is 13.3. The highest BCUT2D eigenvalue weighted by atomic mass is 16.3. The molecule has 0 aromatic heterocycles. The van der Waals surface area contributed by atoms with Gasteiger partial charge in [0.25, 0.3) is 0 Å². The lowest BCUT2D eigenvalue weighted by Crippen LogP contribution is -2.49. The quantitative estimate of drug-likeness (QED) is 0.713. The predicted octanol–water partition coefficient (Wildman–Crippen LogP) is 4.44. The molecular formula is C24H31N3O2. The fourth-order valence-corrected chi connectivity index (χ4v) is 4.90. The number of piperazine rings is 1. The van der Waals surface area contributed by atoms with E-state index >= 15 is 0 Å². The van der Waals surface area contributed by atoms with Crippen molar-refractivity contribution in [2.45, 2.75) is 43.6 Å². The predicted molar refractivity (Wildman–Crippen MR) is 117 cm³/mol. The van der Waals surface area contributed by atoms with Crippen LogP contribution in [0.2, 0.25) is 0 Å². The van der Waals surface area contributed by atoms with E-state index in [1.54, 1.807) is 6.07 Å². The summed E-state index contributed by atoms with van der Waals surface area (Å²) in [7, 11) is 0. The van der Waals surface area contributed by atoms with E-state index < -0.39 is 5.60 Å². The van der Waals surface area contributed by atoms with Gasteiger partial charge in [-0.15, -0.1) is 4.91 Å². The van der Waals surface area contributed by atoms with E-state index in [1.165, 1.54) is 12.0 Å². The molecule has 0 amide bonds. The first-order chi connectivity index (χ1) is 14.2. The molecule has 2 aromatic rings. The summed E-state index contributed by atoms with van der Waals surface area (Å²) in [5.74, 6) is 0.123. The van der Waals surface area contributed by atoms with Gasteiger partial charge in [0.15, 0.2) is 0 Å². The molecule has 1 aliphatic carbocycles. The fraction of sp³-hybridized carbons (Fsp3) is 0.500. The van der Waals surface area contributed by atoms with E-state index in [9.17, 15) is 10.0 Å². The first kappa shape index (κ1) is 20.2. The van der Waals surface area contributed by atoms with E-state index in [4.69, 9.17) is 0 Å². The third-order valence-corrected chi connectivity index (χ3v) is 6.62. The Balaban J connectivity index is 1.60. The molecule has 1 saturated heterocycles. The molecule has 2 aromatic carbocycles. The number of nitrogens with zero attached hydrogens (tertiary/aromatic N) is 2. The first-order valence-corrected chi connectivity index (χ1v) is 10.9. The summed E-state index contributed by atoms with van der Waals surface area (Å²) in [6.07, 6.45) is 5.22. The molecule has 1 unspecified atom stereocenters. The van der Waals surface area contributed by atoms with Crippen LogP contribution in [0.1, 0.15) is 43.6 Å². The lowest BCUT2D eigenvalue weighted by molar-refractivity contribution is -0.0316. The lowest BCUT2D eigenvalue weighted by Gasteiger charge is -2.42. The average molecular weight is 394 g/mol. The van der Waals surface area contributed by atoms with Crippen LogP contribution in [0.4, 0.5) is 5.69 Å². The van der Waals surface area contributed by atoms with Gasteiger partial charge in [0.1, 0.15) is 5.69 Å². The van der Waals surface area contributed by atoms with Gasteiger partial charge in [-0.3, -0.25) is 0 Å². The number of hydrogen-bond donors (Lipinski definition) is 2. The number of rotatable bonds is 6. The zero-order valence-electron chi connectivity index (χ0n) is 17.0. The third-order valence-electron chi connectivity index (χ3n) is 6.62. The van der Waals surface area contributed by atoms with Crippen molar-refractivity contribution in [3.05, 3.63) is 59.0 Å². The van der Waals surface area contributed by atoms with Crippen molar-refractivity contribution >= 4 is 5.69 Å². The Bertz CT molecular complexity index is 809. The van der Waals surface area contributed by atoms with Gasteiger partial charge in [-0.1, -0.05) is 55.7 Å². The van der Waals surface area contributed by atoms with Crippen LogP contribution >= 0.6 is 0 Å². The molecule has 0 radical (unpaired) electrons. The molecule has 29 heavy (non-hydrogen) atoms. The van der Waals surface area contributed by atoms with Crippen molar-refractivity contribution < 1.29 is 5.11 Å². The van der Waals surface area contributed by atoms with E-state index in [0.29, 0.717) is 5.69 Å². The van der Waals surface area contributed by atoms with Gasteiger partial charge in [-0.2, -0.15) is 0 Å². The second kappa shape index (κ2) is 9.16. The van der Waals surface area contributed by atoms with Crippen molar-refractivity contribution in [3.63, 3.8) is 0 Å². The Morgan fingerprint density at radius 2 is 1.72 bits per heavy atom. The summed E-state index contributed by atoms with van der Waals surface area (Å²) in [6.45, 7) is 5.02. The molecule has 5 heteroatoms. The summed E-state index contributed by atoms with van der Waals surface area (Å²) < 4.78 is 0. The number of hydrogen-bond acceptors (Lipinski definition) is 5. The Hall–Kier alpha value is -2.08. The fourth-order valence-electron chi connectivity index (χ4n) is 4.90. The molecule has 0 bridgehead atoms. The van der Waals surface area contributed by atoms with Gasteiger partial charge >= 0.3 is 0 Å². The zero-order chi connectivity index (χ0) is 20.1. The van der Waals surface area contributed by atoms with Crippen molar-refractivity contribution in [1.82, 2.24) is 10.2 Å². The summed E-state index contributed by atoms with van der Waals surface area (Å²) in [6, 6.07) is 15.9. The van der Waals surface area contributed by atoms with Crippen LogP contribution in [0.5, 0.6) is 0 Å². The molecule has 2 fully saturated rings. The highest BCUT2D eigenvalue weighted by Gasteiger charge is 2.39. The van der Waals surface area contributed by atoms with Gasteiger partial charge in [0, 0.05) is 38.6 Å². The summed E-state index contributed by atoms with van der Waals surface area (Å²) in [5.41, 5.74) is 3.09. The summed E-state index contributed by atoms with van der Waals surface area (Å²) >= 11 is 0. The van der Waals surface area contributed by atoms with Crippen LogP contribution in [0.3, 0.4) is 0 Å². The van der Waals surface area contributed by atoms with Gasteiger partial charge in [0.2, 0.25) is 0 Å². The van der Waals surface area contributed by atoms with Gasteiger partial charge in [-0.05, 0) is 46.8 Å². The molecule has 2 aliphatic rings. The minimum absolute atomic E-state index is 0.123. The SMILES string of the molecule is O=Nc1cccc(-c2ccc(C(CN3CCNCC3)C3(O)CCCCC3)cc2)c1. The molecule has 0 spiro atoms. The second-order valence-corrected chi connectivity index (χ2v) is 8.53. The molecule has 1 saturated carbocycles. The largest absolute Gasteiger partial charge is 0.389 e. The standard InChI is InChI=1S/C24H31N3O2/c28-24(11-2-1-3-12-24)23(18-27-15-13-25-14-16-27)20-9-7-19(8-10-20)21-5-4-6-22(17-21)26-29/h4-10,17,23,25,28H,1-3,11-16,18H2. The molecule has 1 aliphatic heterocycles. The minimum atomic E-state index is -0.619. The Kier molecular flexibility index (Phi) is 6.38. The average Bonchev–Trinajstić information content (AvgIpc) is 2.79. The van der Waals surface area contributed by atoms with Crippen LogP contribution in [-0.2, 0) is 0 Å². The lowest BCUT2D eigenvalue weighted by atomic mass is 9.72. The Morgan fingerprint density at radius 1 is 1.00 bits per heavy atom. The van der Waals surface area contributed by atoms with Crippen molar-refractivity contribution in [1.29, 1.82) is 0 Å². The maximum Gasteiger partial charge on any atom is 0.108 e.